The van der Waals surface area contributed by atoms with E-state index < -0.39 is 14.1 Å². The Morgan fingerprint density at radius 1 is 0.889 bits per heavy atom. The van der Waals surface area contributed by atoms with E-state index in [1.165, 1.54) is 14.8 Å². The van der Waals surface area contributed by atoms with Gasteiger partial charge in [-0.2, -0.15) is 0 Å². The molecule has 0 unspecified atom stereocenters. The van der Waals surface area contributed by atoms with Crippen LogP contribution in [-0.2, 0) is 23.4 Å². The zero-order valence-electron chi connectivity index (χ0n) is 28.2. The van der Waals surface area contributed by atoms with E-state index in [-0.39, 0.29) is 43.9 Å². The van der Waals surface area contributed by atoms with Gasteiger partial charge < -0.3 is 0 Å². The van der Waals surface area contributed by atoms with Crippen LogP contribution in [0.3, 0.4) is 0 Å². The molecule has 1 aliphatic heterocycles. The number of carbonyl (C=O) groups is 1. The topological polar surface area (TPSA) is 54.0 Å². The second-order valence-electron chi connectivity index (χ2n) is 13.7. The Kier molecular flexibility index (Phi) is 12.7. The molecule has 4 atom stereocenters. The van der Waals surface area contributed by atoms with Gasteiger partial charge >= 0.3 is 268 Å². The molecule has 0 amide bonds. The van der Waals surface area contributed by atoms with E-state index in [9.17, 15) is 4.79 Å². The number of benzene rings is 3. The van der Waals surface area contributed by atoms with Crippen LogP contribution in [0.25, 0.3) is 0 Å². The molecule has 0 N–H and O–H groups in total. The van der Waals surface area contributed by atoms with Gasteiger partial charge in [0.15, 0.2) is 0 Å². The molecular weight excluding hydrogens is 643 g/mol. The van der Waals surface area contributed by atoms with Crippen LogP contribution in [0.5, 0.6) is 0 Å². The molecule has 1 fully saturated rings. The molecule has 3 aromatic carbocycles. The predicted octanol–water partition coefficient (Wildman–Crippen LogP) is 6.37. The predicted molar refractivity (Wildman–Crippen MR) is 187 cm³/mol. The zero-order chi connectivity index (χ0) is 32.5. The van der Waals surface area contributed by atoms with Crippen molar-refractivity contribution in [2.75, 3.05) is 20.3 Å². The maximum absolute atomic E-state index is 12.4. The van der Waals surface area contributed by atoms with Gasteiger partial charge in [-0.15, -0.1) is 0 Å². The fraction of sp³-hybridized carbons (Fsp3) is 0.500. The first kappa shape index (κ1) is 35.6. The standard InChI is InChI=1S/C38H52O5SeSi/c1-29(18-17-25-42-45(37(2,3)4,32-21-13-9-14-22-32)33-23-15-10-16-24-33)36(30-26-35(39)41-27-30)34(43-38(5,6)40-7)28-44-31-19-11-8-12-20-31/h8-16,19-24,29-30,34,36H,17-18,25-28H2,1-7H3/t29-,30-,34-,36+/m1/s1. The van der Waals surface area contributed by atoms with Crippen molar-refractivity contribution in [2.45, 2.75) is 83.1 Å². The number of ether oxygens (including phenoxy) is 3. The van der Waals surface area contributed by atoms with Gasteiger partial charge in [-0.3, -0.25) is 0 Å². The second kappa shape index (κ2) is 16.0. The van der Waals surface area contributed by atoms with Crippen LogP contribution >= 0.6 is 0 Å². The van der Waals surface area contributed by atoms with Crippen molar-refractivity contribution in [3.63, 3.8) is 0 Å². The quantitative estimate of drug-likeness (QED) is 0.0755. The molecule has 1 heterocycles. The van der Waals surface area contributed by atoms with Crippen molar-refractivity contribution in [3.8, 4) is 0 Å². The molecule has 0 bridgehead atoms. The first-order valence-corrected chi connectivity index (χ1v) is 20.3. The maximum atomic E-state index is 12.4. The van der Waals surface area contributed by atoms with Crippen LogP contribution in [0, 0.1) is 17.8 Å². The third kappa shape index (κ3) is 9.18. The first-order valence-electron chi connectivity index (χ1n) is 16.3. The van der Waals surface area contributed by atoms with Crippen molar-refractivity contribution in [1.82, 2.24) is 0 Å². The van der Waals surface area contributed by atoms with Crippen LogP contribution in [0.15, 0.2) is 91.0 Å². The van der Waals surface area contributed by atoms with E-state index >= 15 is 0 Å². The number of cyclic esters (lactones) is 1. The van der Waals surface area contributed by atoms with E-state index in [2.05, 4.69) is 119 Å². The van der Waals surface area contributed by atoms with E-state index in [0.717, 1.165) is 18.2 Å². The van der Waals surface area contributed by atoms with Crippen LogP contribution in [0.2, 0.25) is 10.4 Å². The van der Waals surface area contributed by atoms with E-state index in [1.807, 2.05) is 13.8 Å². The summed E-state index contributed by atoms with van der Waals surface area (Å²) >= 11 is 0.226. The third-order valence-electron chi connectivity index (χ3n) is 9.14. The van der Waals surface area contributed by atoms with Gasteiger partial charge in [-0.1, -0.05) is 12.1 Å². The average Bonchev–Trinajstić information content (AvgIpc) is 3.46. The van der Waals surface area contributed by atoms with Gasteiger partial charge in [0.2, 0.25) is 0 Å². The average molecular weight is 696 g/mol. The Labute approximate surface area is 278 Å². The van der Waals surface area contributed by atoms with Crippen molar-refractivity contribution >= 4 is 44.1 Å². The molecule has 4 rings (SSSR count). The summed E-state index contributed by atoms with van der Waals surface area (Å²) in [4.78, 5) is 12.4. The third-order valence-corrected chi connectivity index (χ3v) is 16.5. The molecule has 3 aromatic rings. The Bertz CT molecular complexity index is 1270. The van der Waals surface area contributed by atoms with E-state index in [4.69, 9.17) is 18.6 Å². The summed E-state index contributed by atoms with van der Waals surface area (Å²) in [6.07, 6.45) is 2.28. The summed E-state index contributed by atoms with van der Waals surface area (Å²) in [7, 11) is -0.899. The minimum absolute atomic E-state index is 0.0599. The molecular formula is C38H52O5SeSi. The van der Waals surface area contributed by atoms with Gasteiger partial charge in [-0.25, -0.2) is 0 Å². The van der Waals surface area contributed by atoms with Crippen LogP contribution < -0.4 is 14.8 Å². The zero-order valence-corrected chi connectivity index (χ0v) is 30.9. The summed E-state index contributed by atoms with van der Waals surface area (Å²) in [5, 5.41) is 3.45. The molecule has 1 aliphatic rings. The molecule has 0 radical (unpaired) electrons. The van der Waals surface area contributed by atoms with Gasteiger partial charge in [0.05, 0.1) is 0 Å². The van der Waals surface area contributed by atoms with Gasteiger partial charge in [0.25, 0.3) is 0 Å². The number of methoxy groups -OCH3 is 1. The Balaban J connectivity index is 1.55. The van der Waals surface area contributed by atoms with Crippen molar-refractivity contribution in [3.05, 3.63) is 91.0 Å². The number of hydrogen-bond acceptors (Lipinski definition) is 5. The molecule has 1 saturated heterocycles. The summed E-state index contributed by atoms with van der Waals surface area (Å²) in [6.45, 7) is 14.4. The Morgan fingerprint density at radius 2 is 1.44 bits per heavy atom. The summed E-state index contributed by atoms with van der Waals surface area (Å²) in [5.74, 6) is -0.258. The number of carbonyl (C=O) groups excluding carboxylic acids is 1. The van der Waals surface area contributed by atoms with Crippen molar-refractivity contribution in [1.29, 1.82) is 0 Å². The summed E-state index contributed by atoms with van der Waals surface area (Å²) in [5.41, 5.74) is 0. The minimum atomic E-state index is -2.60. The molecule has 0 saturated carbocycles. The number of rotatable bonds is 16. The normalized spacial score (nSPS) is 17.9. The monoisotopic (exact) mass is 696 g/mol. The molecule has 0 aliphatic carbocycles. The van der Waals surface area contributed by atoms with Gasteiger partial charge in [0, 0.05) is 0 Å². The molecule has 45 heavy (non-hydrogen) atoms. The number of hydrogen-bond donors (Lipinski definition) is 0. The number of esters is 1. The Morgan fingerprint density at radius 3 is 1.93 bits per heavy atom. The molecule has 0 spiro atoms. The molecule has 244 valence electrons. The van der Waals surface area contributed by atoms with Crippen LogP contribution in [0.1, 0.15) is 60.8 Å². The molecule has 5 nitrogen and oxygen atoms in total. The fourth-order valence-electron chi connectivity index (χ4n) is 6.83. The van der Waals surface area contributed by atoms with Crippen molar-refractivity contribution in [2.24, 2.45) is 17.8 Å². The second-order valence-corrected chi connectivity index (χ2v) is 20.3. The van der Waals surface area contributed by atoms with Crippen LogP contribution in [0.4, 0.5) is 0 Å². The first-order chi connectivity index (χ1) is 21.5. The van der Waals surface area contributed by atoms with Gasteiger partial charge in [-0.05, 0) is 0 Å². The molecule has 7 heteroatoms. The van der Waals surface area contributed by atoms with Crippen molar-refractivity contribution < 1.29 is 23.4 Å². The van der Waals surface area contributed by atoms with Crippen LogP contribution in [-0.4, -0.2) is 61.5 Å². The summed E-state index contributed by atoms with van der Waals surface area (Å²) < 4.78 is 26.6. The summed E-state index contributed by atoms with van der Waals surface area (Å²) in [6, 6.07) is 32.3. The van der Waals surface area contributed by atoms with Gasteiger partial charge in [0.1, 0.15) is 0 Å². The van der Waals surface area contributed by atoms with E-state index in [0.29, 0.717) is 25.6 Å². The van der Waals surface area contributed by atoms with E-state index in [1.54, 1.807) is 7.11 Å². The molecule has 0 aromatic heterocycles. The fourth-order valence-corrected chi connectivity index (χ4v) is 13.5. The Hall–Kier alpha value is -2.25. The SMILES string of the molecule is COC(C)(C)O[C@H](C[Se]c1ccccc1)[C@H]([C@H]1COC(=O)C1)[C@H](C)CCCO[Si](c1ccccc1)(c1ccccc1)C(C)(C)C.